The van der Waals surface area contributed by atoms with E-state index in [1.54, 1.807) is 19.9 Å². The Morgan fingerprint density at radius 2 is 1.34 bits per heavy atom. The predicted octanol–water partition coefficient (Wildman–Crippen LogP) is 5.94. The van der Waals surface area contributed by atoms with Crippen LogP contribution in [-0.4, -0.2) is 129 Å². The van der Waals surface area contributed by atoms with Gasteiger partial charge in [-0.3, -0.25) is 28.8 Å². The van der Waals surface area contributed by atoms with Crippen molar-refractivity contribution in [3.05, 3.63) is 101 Å². The molecule has 2 aliphatic heterocycles. The zero-order chi connectivity index (χ0) is 53.9. The first-order chi connectivity index (χ1) is 34.4. The van der Waals surface area contributed by atoms with Gasteiger partial charge in [0.15, 0.2) is 17.3 Å². The number of esters is 1. The molecule has 2 amide bonds. The number of quaternary nitrogens is 1. The minimum absolute atomic E-state index is 0.0150. The Hall–Kier alpha value is -5.66. The number of rotatable bonds is 27. The number of carbonyl (C=O) groups is 6. The molecule has 2 saturated heterocycles. The third-order valence-corrected chi connectivity index (χ3v) is 12.8. The van der Waals surface area contributed by atoms with Crippen LogP contribution in [-0.2, 0) is 72.6 Å². The van der Waals surface area contributed by atoms with E-state index in [-0.39, 0.29) is 60.9 Å². The minimum atomic E-state index is -3.92. The van der Waals surface area contributed by atoms with E-state index >= 15 is 0 Å². The third-order valence-electron chi connectivity index (χ3n) is 12.8. The largest absolute Gasteiger partial charge is 0.748 e. The summed E-state index contributed by atoms with van der Waals surface area (Å²) in [6.45, 7) is 15.7. The number of carbonyl (C=O) groups excluding carboxylic acids is 6. The molecular weight excluding hydrogens is 957 g/mol. The Bertz CT molecular complexity index is 2460. The van der Waals surface area contributed by atoms with E-state index in [2.05, 4.69) is 15.8 Å². The molecule has 0 spiro atoms. The molecule has 0 aliphatic carbocycles. The highest BCUT2D eigenvalue weighted by atomic mass is 32.2. The molecule has 0 saturated carbocycles. The molecule has 5 rings (SSSR count). The fourth-order valence-electron chi connectivity index (χ4n) is 9.09. The van der Waals surface area contributed by atoms with Crippen molar-refractivity contribution in [3.63, 3.8) is 0 Å². The molecule has 400 valence electrons. The number of amides is 2. The van der Waals surface area contributed by atoms with Gasteiger partial charge in [-0.2, -0.15) is 0 Å². The molecule has 0 bridgehead atoms. The first kappa shape index (κ1) is 59.9. The van der Waals surface area contributed by atoms with Crippen molar-refractivity contribution in [1.82, 2.24) is 10.6 Å². The Labute approximate surface area is 431 Å². The van der Waals surface area contributed by atoms with Crippen molar-refractivity contribution in [2.45, 2.75) is 118 Å². The van der Waals surface area contributed by atoms with Crippen LogP contribution in [0.4, 0.5) is 0 Å². The molecule has 0 aromatic heterocycles. The summed E-state index contributed by atoms with van der Waals surface area (Å²) in [6, 6.07) is 23.1. The fourth-order valence-corrected chi connectivity index (χ4v) is 9.09. The van der Waals surface area contributed by atoms with Gasteiger partial charge in [0.1, 0.15) is 44.6 Å². The average Bonchev–Trinajstić information content (AvgIpc) is 4.07. The highest BCUT2D eigenvalue weighted by Crippen LogP contribution is 2.31. The van der Waals surface area contributed by atoms with Crippen molar-refractivity contribution >= 4 is 51.0 Å². The molecule has 2 fully saturated rings. The number of Topliss-reactive ketones (excluding diaryl/α,β-unsaturated/α-hetero) is 3. The van der Waals surface area contributed by atoms with E-state index in [9.17, 15) is 28.8 Å². The van der Waals surface area contributed by atoms with Crippen LogP contribution in [0.3, 0.4) is 0 Å². The zero-order valence-corrected chi connectivity index (χ0v) is 44.8. The smallest absolute Gasteiger partial charge is 0.308 e. The Morgan fingerprint density at radius 3 is 1.89 bits per heavy atom. The molecule has 17 nitrogen and oxygen atoms in total. The van der Waals surface area contributed by atoms with Crippen LogP contribution in [0.5, 0.6) is 5.75 Å². The SMILES string of the molecule is CO/N=C(\C)c1cc(C[N+]2(CC(=O)C[C@@H](CCc3ccccc3)C(=O)N[C@@H](CC(C)C)C(=O)C[C@@H](Cc3ccccc3)C(=O)N[C@@H](CC(C)C)C(=O)[C@@]3(C)CO3)CCOCC2)ccc1OC(C)=O.CS(=O)(=O)[O-]. The summed E-state index contributed by atoms with van der Waals surface area (Å²) in [5.41, 5.74) is 2.97. The van der Waals surface area contributed by atoms with Gasteiger partial charge in [-0.25, -0.2) is 8.42 Å². The van der Waals surface area contributed by atoms with Crippen LogP contribution < -0.4 is 15.4 Å². The summed E-state index contributed by atoms with van der Waals surface area (Å²) >= 11 is 0. The van der Waals surface area contributed by atoms with Crippen LogP contribution in [0.25, 0.3) is 0 Å². The number of aryl methyl sites for hydroxylation is 1. The van der Waals surface area contributed by atoms with Gasteiger partial charge in [0.05, 0.1) is 47.7 Å². The fraction of sp³-hybridized carbons (Fsp3) is 0.545. The lowest BCUT2D eigenvalue weighted by Gasteiger charge is -2.41. The third kappa shape index (κ3) is 21.0. The number of oxime groups is 1. The van der Waals surface area contributed by atoms with E-state index in [1.807, 2.05) is 100 Å². The second-order valence-electron chi connectivity index (χ2n) is 20.5. The number of nitrogens with one attached hydrogen (secondary N) is 2. The van der Waals surface area contributed by atoms with Gasteiger partial charge in [-0.1, -0.05) is 93.5 Å². The van der Waals surface area contributed by atoms with Crippen molar-refractivity contribution in [1.29, 1.82) is 0 Å². The molecule has 3 aromatic carbocycles. The zero-order valence-electron chi connectivity index (χ0n) is 44.0. The second kappa shape index (κ2) is 28.1. The average molecular weight is 1030 g/mol. The number of hydrogen-bond acceptors (Lipinski definition) is 14. The summed E-state index contributed by atoms with van der Waals surface area (Å²) in [6.07, 6.45) is 2.34. The lowest BCUT2D eigenvalue weighted by molar-refractivity contribution is -0.940. The summed E-state index contributed by atoms with van der Waals surface area (Å²) in [5.74, 6) is -2.90. The Morgan fingerprint density at radius 1 is 0.795 bits per heavy atom. The molecular formula is C55H76N4O13S. The van der Waals surface area contributed by atoms with Crippen molar-refractivity contribution in [2.24, 2.45) is 28.8 Å². The molecule has 2 heterocycles. The summed E-state index contributed by atoms with van der Waals surface area (Å²) in [7, 11) is -2.47. The maximum absolute atomic E-state index is 14.6. The number of nitrogens with zero attached hydrogens (tertiary/aromatic N) is 2. The highest BCUT2D eigenvalue weighted by molar-refractivity contribution is 7.84. The Balaban J connectivity index is 0.00000220. The maximum Gasteiger partial charge on any atom is 0.308 e. The van der Waals surface area contributed by atoms with Crippen molar-refractivity contribution in [2.75, 3.05) is 52.8 Å². The second-order valence-corrected chi connectivity index (χ2v) is 21.9. The first-order valence-corrected chi connectivity index (χ1v) is 26.8. The quantitative estimate of drug-likeness (QED) is 0.0171. The lowest BCUT2D eigenvalue weighted by Crippen LogP contribution is -2.57. The molecule has 3 aromatic rings. The summed E-state index contributed by atoms with van der Waals surface area (Å²) < 4.78 is 44.4. The van der Waals surface area contributed by atoms with E-state index in [1.165, 1.54) is 14.0 Å². The normalized spacial score (nSPS) is 18.0. The number of benzene rings is 3. The van der Waals surface area contributed by atoms with E-state index in [0.29, 0.717) is 92.9 Å². The lowest BCUT2D eigenvalue weighted by atomic mass is 9.87. The maximum atomic E-state index is 14.6. The van der Waals surface area contributed by atoms with Crippen LogP contribution in [0.1, 0.15) is 103 Å². The predicted molar refractivity (Wildman–Crippen MR) is 275 cm³/mol. The van der Waals surface area contributed by atoms with Gasteiger partial charge in [-0.15, -0.1) is 0 Å². The molecule has 0 radical (unpaired) electrons. The molecule has 0 unspecified atom stereocenters. The molecule has 2 N–H and O–H groups in total. The number of hydrogen-bond donors (Lipinski definition) is 2. The Kier molecular flexibility index (Phi) is 23.1. The van der Waals surface area contributed by atoms with Gasteiger partial charge in [0.2, 0.25) is 11.8 Å². The number of epoxide rings is 1. The molecule has 18 heteroatoms. The molecule has 73 heavy (non-hydrogen) atoms. The number of morpholine rings is 1. The van der Waals surface area contributed by atoms with Crippen LogP contribution >= 0.6 is 0 Å². The number of ether oxygens (including phenoxy) is 3. The monoisotopic (exact) mass is 1030 g/mol. The van der Waals surface area contributed by atoms with Gasteiger partial charge in [0, 0.05) is 49.0 Å². The standard InChI is InChI=1S/C54H72N4O10.CH4O3S/c1-36(2)27-47(49(61)32-44(29-41-17-13-10-14-18-41)53(64)56-48(28-37(3)4)51(62)54(7)35-67-54)55-52(63)43(21-19-40-15-11-9-12-16-40)31-45(60)34-58(23-25-66-26-24-58)33-42-20-22-50(68-39(6)59)46(30-42)38(5)57-65-8;1-5(2,3)4/h9-18,20,22,30,36-37,43-44,47-48H,19,21,23-29,31-35H2,1-8H3,(H-,55,56,63,64);1H3,(H,2,3,4)/b57-38+;/t43-,44-,47+,48+,54-;/m1./s1. The highest BCUT2D eigenvalue weighted by Gasteiger charge is 2.50. The first-order valence-electron chi connectivity index (χ1n) is 25.0. The van der Waals surface area contributed by atoms with E-state index in [4.69, 9.17) is 32.0 Å². The van der Waals surface area contributed by atoms with Crippen molar-refractivity contribution in [3.8, 4) is 5.75 Å². The topological polar surface area (TPSA) is 236 Å². The summed E-state index contributed by atoms with van der Waals surface area (Å²) in [5, 5.41) is 10.2. The van der Waals surface area contributed by atoms with E-state index in [0.717, 1.165) is 16.7 Å². The summed E-state index contributed by atoms with van der Waals surface area (Å²) in [4.78, 5) is 88.4. The van der Waals surface area contributed by atoms with Gasteiger partial charge in [0.25, 0.3) is 0 Å². The molecule has 5 atom stereocenters. The van der Waals surface area contributed by atoms with Crippen molar-refractivity contribution < 1.29 is 65.3 Å². The van der Waals surface area contributed by atoms with Crippen LogP contribution in [0.2, 0.25) is 0 Å². The van der Waals surface area contributed by atoms with Gasteiger partial charge >= 0.3 is 5.97 Å². The van der Waals surface area contributed by atoms with E-state index < -0.39 is 51.5 Å². The van der Waals surface area contributed by atoms with Gasteiger partial charge < -0.3 is 38.7 Å². The van der Waals surface area contributed by atoms with Crippen LogP contribution in [0, 0.1) is 23.7 Å². The van der Waals surface area contributed by atoms with Crippen LogP contribution in [0.15, 0.2) is 84.0 Å². The van der Waals surface area contributed by atoms with Gasteiger partial charge in [-0.05, 0) is 87.1 Å². The molecule has 2 aliphatic rings. The number of ketones is 3. The minimum Gasteiger partial charge on any atom is -0.748 e.